The molecule has 0 aromatic carbocycles. The molecule has 0 aliphatic heterocycles. The van der Waals surface area contributed by atoms with E-state index >= 15 is 0 Å². The molecule has 0 amide bonds. The second-order valence-electron chi connectivity index (χ2n) is 20.9. The molecule has 77 heavy (non-hydrogen) atoms. The molecule has 0 rings (SSSR count). The molecule has 0 saturated heterocycles. The van der Waals surface area contributed by atoms with Gasteiger partial charge in [-0.15, -0.1) is 0 Å². The van der Waals surface area contributed by atoms with Crippen LogP contribution in [0.2, 0.25) is 0 Å². The Bertz CT molecular complexity index is 1600. The van der Waals surface area contributed by atoms with Gasteiger partial charge in [0, 0.05) is 19.3 Å². The van der Waals surface area contributed by atoms with E-state index in [1.165, 1.54) is 96.3 Å². The number of rotatable bonds is 57. The molecule has 1 atom stereocenters. The van der Waals surface area contributed by atoms with Gasteiger partial charge >= 0.3 is 17.9 Å². The maximum Gasteiger partial charge on any atom is 0.306 e. The molecule has 0 aromatic heterocycles. The van der Waals surface area contributed by atoms with Gasteiger partial charge in [0.15, 0.2) is 6.10 Å². The number of carbonyl (C=O) groups excluding carboxylic acids is 3. The molecule has 1 unspecified atom stereocenters. The summed E-state index contributed by atoms with van der Waals surface area (Å²) in [6.07, 6.45) is 89.2. The summed E-state index contributed by atoms with van der Waals surface area (Å²) < 4.78 is 16.9. The van der Waals surface area contributed by atoms with Gasteiger partial charge in [0.25, 0.3) is 0 Å². The van der Waals surface area contributed by atoms with Crippen LogP contribution in [0.5, 0.6) is 0 Å². The fourth-order valence-corrected chi connectivity index (χ4v) is 8.69. The molecule has 0 aliphatic rings. The van der Waals surface area contributed by atoms with E-state index < -0.39 is 6.10 Å². The second-order valence-corrected chi connectivity index (χ2v) is 20.9. The van der Waals surface area contributed by atoms with E-state index in [-0.39, 0.29) is 31.1 Å². The maximum absolute atomic E-state index is 12.9. The van der Waals surface area contributed by atoms with Crippen molar-refractivity contribution >= 4 is 17.9 Å². The Morgan fingerprint density at radius 2 is 0.506 bits per heavy atom. The van der Waals surface area contributed by atoms with E-state index in [2.05, 4.69) is 142 Å². The van der Waals surface area contributed by atoms with Gasteiger partial charge < -0.3 is 14.2 Å². The van der Waals surface area contributed by atoms with Crippen molar-refractivity contribution in [3.05, 3.63) is 122 Å². The van der Waals surface area contributed by atoms with Gasteiger partial charge in [-0.2, -0.15) is 0 Å². The van der Waals surface area contributed by atoms with Crippen LogP contribution in [-0.4, -0.2) is 37.2 Å². The summed E-state index contributed by atoms with van der Waals surface area (Å²) in [4.78, 5) is 38.3. The lowest BCUT2D eigenvalue weighted by molar-refractivity contribution is -0.167. The molecule has 0 spiro atoms. The highest BCUT2D eigenvalue weighted by atomic mass is 16.6. The Morgan fingerprint density at radius 3 is 0.792 bits per heavy atom. The van der Waals surface area contributed by atoms with Crippen molar-refractivity contribution in [2.24, 2.45) is 0 Å². The van der Waals surface area contributed by atoms with Gasteiger partial charge in [-0.25, -0.2) is 0 Å². The van der Waals surface area contributed by atoms with Crippen molar-refractivity contribution < 1.29 is 28.6 Å². The van der Waals surface area contributed by atoms with Crippen LogP contribution in [0.3, 0.4) is 0 Å². The fourth-order valence-electron chi connectivity index (χ4n) is 8.69. The Labute approximate surface area is 475 Å². The van der Waals surface area contributed by atoms with Gasteiger partial charge in [0.1, 0.15) is 13.2 Å². The minimum Gasteiger partial charge on any atom is -0.462 e. The van der Waals surface area contributed by atoms with Crippen LogP contribution in [0.15, 0.2) is 122 Å². The first kappa shape index (κ1) is 72.8. The van der Waals surface area contributed by atoms with E-state index in [4.69, 9.17) is 14.2 Å². The second kappa shape index (κ2) is 64.3. The largest absolute Gasteiger partial charge is 0.462 e. The number of hydrogen-bond acceptors (Lipinski definition) is 6. The first-order valence-corrected chi connectivity index (χ1v) is 32.0. The third-order valence-electron chi connectivity index (χ3n) is 13.4. The normalized spacial score (nSPS) is 12.9. The lowest BCUT2D eigenvalue weighted by Gasteiger charge is -2.18. The molecule has 6 nitrogen and oxygen atoms in total. The molecule has 6 heteroatoms. The van der Waals surface area contributed by atoms with Gasteiger partial charge in [-0.05, 0) is 128 Å². The molecule has 0 aliphatic carbocycles. The van der Waals surface area contributed by atoms with Crippen LogP contribution < -0.4 is 0 Å². The summed E-state index contributed by atoms with van der Waals surface area (Å²) >= 11 is 0. The third kappa shape index (κ3) is 62.5. The molecular formula is C71H118O6. The summed E-state index contributed by atoms with van der Waals surface area (Å²) in [5.41, 5.74) is 0. The van der Waals surface area contributed by atoms with Crippen LogP contribution in [-0.2, 0) is 28.6 Å². The number of ether oxygens (including phenoxy) is 3. The minimum absolute atomic E-state index is 0.0914. The molecule has 0 radical (unpaired) electrons. The zero-order valence-electron chi connectivity index (χ0n) is 50.2. The van der Waals surface area contributed by atoms with Crippen molar-refractivity contribution in [2.45, 2.75) is 297 Å². The molecular weight excluding hydrogens is 949 g/mol. The highest BCUT2D eigenvalue weighted by molar-refractivity contribution is 5.71. The standard InChI is InChI=1S/C71H118O6/c1-4-7-10-13-16-19-22-25-28-29-30-31-32-33-34-35-36-37-38-39-40-41-44-46-49-52-55-58-61-64-70(73)76-67-68(77-71(74)65-62-59-56-53-50-47-43-27-24-21-18-15-12-9-6-3)66-75-69(72)63-60-57-54-51-48-45-42-26-23-20-17-14-11-8-5-2/h7,9-10,12,16-21,25-28,30-31,33-34,42-43,68H,4-6,8,11,13-15,22-24,29,32,35-41,44-67H2,1-3H3/b10-7-,12-9-,19-16-,20-17-,21-18-,28-25-,31-30-,34-33-,42-26-,43-27-. The van der Waals surface area contributed by atoms with E-state index in [0.717, 1.165) is 154 Å². The number of carbonyl (C=O) groups is 3. The summed E-state index contributed by atoms with van der Waals surface area (Å²) in [6.45, 7) is 6.37. The predicted octanol–water partition coefficient (Wildman–Crippen LogP) is 22.0. The number of allylic oxidation sites excluding steroid dienone is 20. The van der Waals surface area contributed by atoms with E-state index in [1.807, 2.05) is 0 Å². The number of unbranched alkanes of at least 4 members (excludes halogenated alkanes) is 26. The van der Waals surface area contributed by atoms with Crippen molar-refractivity contribution in [3.63, 3.8) is 0 Å². The lowest BCUT2D eigenvalue weighted by atomic mass is 10.0. The molecule has 0 bridgehead atoms. The molecule has 0 aromatic rings. The van der Waals surface area contributed by atoms with Crippen molar-refractivity contribution in [3.8, 4) is 0 Å². The van der Waals surface area contributed by atoms with E-state index in [1.54, 1.807) is 0 Å². The van der Waals surface area contributed by atoms with Crippen LogP contribution in [0, 0.1) is 0 Å². The predicted molar refractivity (Wildman–Crippen MR) is 334 cm³/mol. The van der Waals surface area contributed by atoms with Crippen molar-refractivity contribution in [1.82, 2.24) is 0 Å². The zero-order chi connectivity index (χ0) is 55.7. The lowest BCUT2D eigenvalue weighted by Crippen LogP contribution is -2.30. The van der Waals surface area contributed by atoms with Gasteiger partial charge in [0.05, 0.1) is 0 Å². The molecule has 0 N–H and O–H groups in total. The fraction of sp³-hybridized carbons (Fsp3) is 0.676. The summed E-state index contributed by atoms with van der Waals surface area (Å²) in [7, 11) is 0. The van der Waals surface area contributed by atoms with Crippen LogP contribution in [0.4, 0.5) is 0 Å². The zero-order valence-corrected chi connectivity index (χ0v) is 50.2. The average Bonchev–Trinajstić information content (AvgIpc) is 3.43. The Hall–Kier alpha value is -4.19. The number of hydrogen-bond donors (Lipinski definition) is 0. The Kier molecular flexibility index (Phi) is 60.8. The molecule has 0 heterocycles. The molecule has 0 fully saturated rings. The summed E-state index contributed by atoms with van der Waals surface area (Å²) in [6, 6.07) is 0. The monoisotopic (exact) mass is 1070 g/mol. The van der Waals surface area contributed by atoms with Gasteiger partial charge in [0.2, 0.25) is 0 Å². The van der Waals surface area contributed by atoms with E-state index in [9.17, 15) is 14.4 Å². The van der Waals surface area contributed by atoms with E-state index in [0.29, 0.717) is 19.3 Å². The first-order valence-electron chi connectivity index (χ1n) is 32.0. The molecule has 438 valence electrons. The minimum atomic E-state index is -0.797. The smallest absolute Gasteiger partial charge is 0.306 e. The first-order chi connectivity index (χ1) is 38.0. The highest BCUT2D eigenvalue weighted by Crippen LogP contribution is 2.16. The Morgan fingerprint density at radius 1 is 0.273 bits per heavy atom. The van der Waals surface area contributed by atoms with Crippen molar-refractivity contribution in [2.75, 3.05) is 13.2 Å². The third-order valence-corrected chi connectivity index (χ3v) is 13.4. The summed E-state index contributed by atoms with van der Waals surface area (Å²) in [5, 5.41) is 0. The number of esters is 3. The van der Waals surface area contributed by atoms with Crippen LogP contribution in [0.1, 0.15) is 290 Å². The quantitative estimate of drug-likeness (QED) is 0.0261. The molecule has 0 saturated carbocycles. The average molecular weight is 1070 g/mol. The maximum atomic E-state index is 12.9. The SMILES string of the molecule is CC/C=C\C/C=C\C/C=C\C/C=C\C/C=C\CCCCCCCCCCCCCCCC(=O)OCC(COC(=O)CCCCCCC/C=C\C/C=C\CCCCC)OC(=O)CCCCCCC/C=C\C/C=C\C/C=C\CC. The highest BCUT2D eigenvalue weighted by Gasteiger charge is 2.19. The van der Waals surface area contributed by atoms with Crippen molar-refractivity contribution in [1.29, 1.82) is 0 Å². The topological polar surface area (TPSA) is 78.9 Å². The Balaban J connectivity index is 4.29. The van der Waals surface area contributed by atoms with Crippen LogP contribution >= 0.6 is 0 Å². The van der Waals surface area contributed by atoms with Gasteiger partial charge in [-0.1, -0.05) is 264 Å². The summed E-state index contributed by atoms with van der Waals surface area (Å²) in [5.74, 6) is -0.919. The van der Waals surface area contributed by atoms with Gasteiger partial charge in [-0.3, -0.25) is 14.4 Å². The van der Waals surface area contributed by atoms with Crippen LogP contribution in [0.25, 0.3) is 0 Å².